The molecule has 1 aliphatic heterocycles. The van der Waals surface area contributed by atoms with E-state index >= 15 is 0 Å². The molecule has 0 spiro atoms. The first kappa shape index (κ1) is 17.3. The number of carbonyl (C=O) groups excluding carboxylic acids is 1. The molecule has 4 nitrogen and oxygen atoms in total. The summed E-state index contributed by atoms with van der Waals surface area (Å²) >= 11 is 0. The van der Waals surface area contributed by atoms with Crippen molar-refractivity contribution < 1.29 is 27.9 Å². The van der Waals surface area contributed by atoms with Gasteiger partial charge in [0.2, 0.25) is 5.91 Å². The number of piperidine rings is 1. The van der Waals surface area contributed by atoms with E-state index in [0.29, 0.717) is 18.4 Å². The smallest absolute Gasteiger partial charge is 0.416 e. The highest BCUT2D eigenvalue weighted by atomic mass is 19.4. The van der Waals surface area contributed by atoms with Crippen LogP contribution in [-0.4, -0.2) is 28.4 Å². The molecular formula is C16H18F3NO3. The molecule has 0 bridgehead atoms. The Balaban J connectivity index is 2.40. The second-order valence-electron chi connectivity index (χ2n) is 6.39. The Morgan fingerprint density at radius 3 is 2.61 bits per heavy atom. The molecule has 0 aliphatic carbocycles. The fraction of sp³-hybridized carbons (Fsp3) is 0.500. The molecule has 0 saturated carbocycles. The van der Waals surface area contributed by atoms with E-state index in [9.17, 15) is 22.8 Å². The highest BCUT2D eigenvalue weighted by Crippen LogP contribution is 2.41. The van der Waals surface area contributed by atoms with Gasteiger partial charge in [-0.25, -0.2) is 0 Å². The number of nitrogens with zero attached hydrogens (tertiary/aromatic N) is 1. The number of amides is 1. The molecule has 23 heavy (non-hydrogen) atoms. The molecule has 1 atom stereocenters. The van der Waals surface area contributed by atoms with Crippen LogP contribution < -0.4 is 0 Å². The second-order valence-corrected chi connectivity index (χ2v) is 6.39. The minimum Gasteiger partial charge on any atom is -0.480 e. The number of carbonyl (C=O) groups is 2. The van der Waals surface area contributed by atoms with Crippen LogP contribution in [0.15, 0.2) is 24.3 Å². The summed E-state index contributed by atoms with van der Waals surface area (Å²) in [4.78, 5) is 24.7. The van der Waals surface area contributed by atoms with Gasteiger partial charge in [0.25, 0.3) is 0 Å². The van der Waals surface area contributed by atoms with E-state index in [1.54, 1.807) is 13.8 Å². The number of halogens is 3. The first-order valence-electron chi connectivity index (χ1n) is 7.22. The molecule has 1 unspecified atom stereocenters. The number of alkyl halides is 3. The van der Waals surface area contributed by atoms with Crippen molar-refractivity contribution in [1.29, 1.82) is 0 Å². The largest absolute Gasteiger partial charge is 0.480 e. The maximum atomic E-state index is 12.9. The van der Waals surface area contributed by atoms with E-state index in [-0.39, 0.29) is 5.91 Å². The van der Waals surface area contributed by atoms with E-state index in [2.05, 4.69) is 0 Å². The third-order valence-electron chi connectivity index (χ3n) is 4.16. The second kappa shape index (κ2) is 5.86. The molecule has 1 saturated heterocycles. The average molecular weight is 329 g/mol. The van der Waals surface area contributed by atoms with Gasteiger partial charge in [0, 0.05) is 5.41 Å². The highest BCUT2D eigenvalue weighted by molar-refractivity contribution is 5.86. The summed E-state index contributed by atoms with van der Waals surface area (Å²) in [6.45, 7) is 2.91. The minimum absolute atomic E-state index is 0.310. The lowest BCUT2D eigenvalue weighted by atomic mass is 9.78. The summed E-state index contributed by atoms with van der Waals surface area (Å²) in [6, 6.07) is 4.07. The molecule has 2 rings (SSSR count). The zero-order valence-electron chi connectivity index (χ0n) is 12.9. The summed E-state index contributed by atoms with van der Waals surface area (Å²) in [5.74, 6) is -1.54. The van der Waals surface area contributed by atoms with Crippen molar-refractivity contribution in [3.05, 3.63) is 35.4 Å². The standard InChI is InChI=1S/C16H18F3NO3/c1-15(2)7-6-12(20(14(15)23)9-13(21)22)10-4-3-5-11(8-10)16(17,18)19/h3-5,8,12H,6-7,9H2,1-2H3,(H,21,22). The Kier molecular flexibility index (Phi) is 4.41. The predicted octanol–water partition coefficient (Wildman–Crippen LogP) is 3.48. The average Bonchev–Trinajstić information content (AvgIpc) is 2.43. The molecular weight excluding hydrogens is 311 g/mol. The quantitative estimate of drug-likeness (QED) is 0.924. The molecule has 1 aliphatic rings. The third-order valence-corrected chi connectivity index (χ3v) is 4.16. The third kappa shape index (κ3) is 3.65. The molecule has 1 fully saturated rings. The lowest BCUT2D eigenvalue weighted by Gasteiger charge is -2.42. The van der Waals surface area contributed by atoms with Crippen LogP contribution in [0.2, 0.25) is 0 Å². The number of hydrogen-bond donors (Lipinski definition) is 1. The molecule has 1 aromatic rings. The number of carboxylic acid groups (broad SMARTS) is 1. The van der Waals surface area contributed by atoms with Gasteiger partial charge in [0.05, 0.1) is 11.6 Å². The Labute approximate surface area is 131 Å². The molecule has 0 radical (unpaired) electrons. The molecule has 1 heterocycles. The molecule has 126 valence electrons. The van der Waals surface area contributed by atoms with Crippen LogP contribution in [0.5, 0.6) is 0 Å². The molecule has 1 aromatic carbocycles. The van der Waals surface area contributed by atoms with Crippen molar-refractivity contribution in [1.82, 2.24) is 4.90 Å². The number of benzene rings is 1. The SMILES string of the molecule is CC1(C)CCC(c2cccc(C(F)(F)F)c2)N(CC(=O)O)C1=O. The van der Waals surface area contributed by atoms with Crippen LogP contribution in [0, 0.1) is 5.41 Å². The van der Waals surface area contributed by atoms with Crippen LogP contribution in [0.25, 0.3) is 0 Å². The van der Waals surface area contributed by atoms with Gasteiger partial charge in [0.15, 0.2) is 0 Å². The Bertz CT molecular complexity index is 625. The zero-order chi connectivity index (χ0) is 17.4. The van der Waals surface area contributed by atoms with Gasteiger partial charge in [-0.05, 0) is 30.5 Å². The highest BCUT2D eigenvalue weighted by Gasteiger charge is 2.42. The van der Waals surface area contributed by atoms with Gasteiger partial charge in [0.1, 0.15) is 6.54 Å². The lowest BCUT2D eigenvalue weighted by Crippen LogP contribution is -2.49. The minimum atomic E-state index is -4.48. The summed E-state index contributed by atoms with van der Waals surface area (Å²) in [5, 5.41) is 9.03. The number of hydrogen-bond acceptors (Lipinski definition) is 2. The van der Waals surface area contributed by atoms with Crippen molar-refractivity contribution in [2.24, 2.45) is 5.41 Å². The first-order valence-corrected chi connectivity index (χ1v) is 7.22. The number of carboxylic acids is 1. The Hall–Kier alpha value is -2.05. The van der Waals surface area contributed by atoms with Crippen molar-refractivity contribution in [2.45, 2.75) is 38.9 Å². The number of rotatable bonds is 3. The maximum Gasteiger partial charge on any atom is 0.416 e. The number of likely N-dealkylation sites (tertiary alicyclic amines) is 1. The van der Waals surface area contributed by atoms with E-state index in [1.807, 2.05) is 0 Å². The van der Waals surface area contributed by atoms with Crippen molar-refractivity contribution in [3.63, 3.8) is 0 Å². The molecule has 1 N–H and O–H groups in total. The lowest BCUT2D eigenvalue weighted by molar-refractivity contribution is -0.155. The fourth-order valence-corrected chi connectivity index (χ4v) is 2.89. The van der Waals surface area contributed by atoms with Gasteiger partial charge >= 0.3 is 12.1 Å². The first-order chi connectivity index (χ1) is 10.5. The van der Waals surface area contributed by atoms with Gasteiger partial charge < -0.3 is 10.0 Å². The van der Waals surface area contributed by atoms with Gasteiger partial charge in [-0.3, -0.25) is 9.59 Å². The molecule has 1 amide bonds. The molecule has 0 aromatic heterocycles. The van der Waals surface area contributed by atoms with E-state index < -0.39 is 35.7 Å². The van der Waals surface area contributed by atoms with Crippen LogP contribution in [0.1, 0.15) is 43.9 Å². The predicted molar refractivity (Wildman–Crippen MR) is 76.5 cm³/mol. The van der Waals surface area contributed by atoms with Crippen LogP contribution in [0.3, 0.4) is 0 Å². The topological polar surface area (TPSA) is 57.6 Å². The van der Waals surface area contributed by atoms with E-state index in [1.165, 1.54) is 17.0 Å². The number of aliphatic carboxylic acids is 1. The van der Waals surface area contributed by atoms with Crippen molar-refractivity contribution in [2.75, 3.05) is 6.54 Å². The van der Waals surface area contributed by atoms with E-state index in [4.69, 9.17) is 5.11 Å². The maximum absolute atomic E-state index is 12.9. The van der Waals surface area contributed by atoms with Crippen LogP contribution in [-0.2, 0) is 15.8 Å². The zero-order valence-corrected chi connectivity index (χ0v) is 12.9. The summed E-state index contributed by atoms with van der Waals surface area (Å²) in [5.41, 5.74) is -1.21. The van der Waals surface area contributed by atoms with Gasteiger partial charge in [-0.1, -0.05) is 26.0 Å². The monoisotopic (exact) mass is 329 g/mol. The Morgan fingerprint density at radius 2 is 2.04 bits per heavy atom. The van der Waals surface area contributed by atoms with Crippen molar-refractivity contribution >= 4 is 11.9 Å². The van der Waals surface area contributed by atoms with Crippen LogP contribution >= 0.6 is 0 Å². The normalized spacial score (nSPS) is 21.3. The fourth-order valence-electron chi connectivity index (χ4n) is 2.89. The van der Waals surface area contributed by atoms with Gasteiger partial charge in [-0.2, -0.15) is 13.2 Å². The summed E-state index contributed by atoms with van der Waals surface area (Å²) < 4.78 is 38.6. The van der Waals surface area contributed by atoms with Crippen LogP contribution in [0.4, 0.5) is 13.2 Å². The molecule has 7 heteroatoms. The summed E-state index contributed by atoms with van der Waals surface area (Å²) in [6.07, 6.45) is -3.57. The summed E-state index contributed by atoms with van der Waals surface area (Å²) in [7, 11) is 0. The van der Waals surface area contributed by atoms with E-state index in [0.717, 1.165) is 12.1 Å². The Morgan fingerprint density at radius 1 is 1.39 bits per heavy atom. The van der Waals surface area contributed by atoms with Gasteiger partial charge in [-0.15, -0.1) is 0 Å². The van der Waals surface area contributed by atoms with Crippen molar-refractivity contribution in [3.8, 4) is 0 Å².